The summed E-state index contributed by atoms with van der Waals surface area (Å²) in [5.41, 5.74) is 8.20. The SMILES string of the molecule is CCNOS(=O)(=O)CCCN1C(=CC(=Cc2sc3c([n+]2CCCS(=O)(=O)O)-c2ccccc2CC3)CC)Sc2ccc3ccccc3c21. The highest BCUT2D eigenvalue weighted by atomic mass is 32.2. The van der Waals surface area contributed by atoms with E-state index in [1.807, 2.05) is 18.2 Å². The monoisotopic (exact) mass is 726 g/mol. The van der Waals surface area contributed by atoms with Crippen molar-refractivity contribution < 1.29 is 30.2 Å². The van der Waals surface area contributed by atoms with Gasteiger partial charge in [-0.05, 0) is 60.4 Å². The maximum absolute atomic E-state index is 12.5. The Hall–Kier alpha value is -3.04. The first kappa shape index (κ1) is 34.8. The normalized spacial score (nSPS) is 15.6. The molecule has 0 unspecified atom stereocenters. The maximum Gasteiger partial charge on any atom is 0.283 e. The molecule has 4 aromatic rings. The highest BCUT2D eigenvalue weighted by Crippen LogP contribution is 2.50. The van der Waals surface area contributed by atoms with Crippen LogP contribution in [0.3, 0.4) is 0 Å². The van der Waals surface area contributed by atoms with Crippen LogP contribution in [-0.2, 0) is 43.9 Å². The number of hydrogen-bond acceptors (Lipinski definition) is 9. The summed E-state index contributed by atoms with van der Waals surface area (Å²) >= 11 is 3.42. The van der Waals surface area contributed by atoms with E-state index in [2.05, 4.69) is 76.5 Å². The molecular formula is C35H40N3O6S4+. The average molecular weight is 727 g/mol. The number of nitrogens with zero attached hydrogens (tertiary/aromatic N) is 2. The molecule has 2 N–H and O–H groups in total. The minimum Gasteiger partial charge on any atom is -0.334 e. The van der Waals surface area contributed by atoms with Crippen molar-refractivity contribution in [1.29, 1.82) is 0 Å². The van der Waals surface area contributed by atoms with E-state index in [0.29, 0.717) is 32.5 Å². The highest BCUT2D eigenvalue weighted by Gasteiger charge is 2.32. The number of thiazole rings is 1. The van der Waals surface area contributed by atoms with Crippen molar-refractivity contribution in [2.45, 2.75) is 57.4 Å². The molecule has 0 fully saturated rings. The van der Waals surface area contributed by atoms with Gasteiger partial charge in [0.05, 0.1) is 32.7 Å². The Balaban J connectivity index is 1.38. The Morgan fingerprint density at radius 1 is 1.00 bits per heavy atom. The fraction of sp³-hybridized carbons (Fsp3) is 0.343. The van der Waals surface area contributed by atoms with Gasteiger partial charge < -0.3 is 4.90 Å². The fourth-order valence-electron chi connectivity index (χ4n) is 6.26. The molecular weight excluding hydrogens is 687 g/mol. The first-order chi connectivity index (χ1) is 23.1. The molecule has 3 aromatic carbocycles. The van der Waals surface area contributed by atoms with Crippen molar-refractivity contribution in [1.82, 2.24) is 5.48 Å². The number of aryl methyl sites for hydroxylation is 2. The van der Waals surface area contributed by atoms with Gasteiger partial charge in [-0.1, -0.05) is 85.5 Å². The Bertz CT molecular complexity index is 2110. The van der Waals surface area contributed by atoms with E-state index in [9.17, 15) is 21.4 Å². The smallest absolute Gasteiger partial charge is 0.283 e. The van der Waals surface area contributed by atoms with E-state index in [1.54, 1.807) is 30.0 Å². The molecule has 6 rings (SSSR count). The molecule has 0 radical (unpaired) electrons. The van der Waals surface area contributed by atoms with Crippen LogP contribution in [0.5, 0.6) is 0 Å². The van der Waals surface area contributed by atoms with Gasteiger partial charge in [-0.15, -0.1) is 0 Å². The second-order valence-corrected chi connectivity index (χ2v) is 17.2. The maximum atomic E-state index is 12.5. The van der Waals surface area contributed by atoms with Crippen LogP contribution < -0.4 is 14.9 Å². The third kappa shape index (κ3) is 7.88. The molecule has 48 heavy (non-hydrogen) atoms. The highest BCUT2D eigenvalue weighted by molar-refractivity contribution is 8.03. The minimum absolute atomic E-state index is 0.114. The van der Waals surface area contributed by atoms with E-state index < -0.39 is 20.2 Å². The lowest BCUT2D eigenvalue weighted by molar-refractivity contribution is -0.683. The van der Waals surface area contributed by atoms with Gasteiger partial charge in [0, 0.05) is 35.9 Å². The van der Waals surface area contributed by atoms with Crippen LogP contribution in [0.1, 0.15) is 48.6 Å². The largest absolute Gasteiger partial charge is 0.334 e. The van der Waals surface area contributed by atoms with E-state index >= 15 is 0 Å². The molecule has 9 nitrogen and oxygen atoms in total. The molecule has 0 bridgehead atoms. The lowest BCUT2D eigenvalue weighted by Crippen LogP contribution is -2.38. The summed E-state index contributed by atoms with van der Waals surface area (Å²) in [6, 6.07) is 20.9. The van der Waals surface area contributed by atoms with E-state index in [-0.39, 0.29) is 11.5 Å². The first-order valence-corrected chi connectivity index (χ1v) is 21.0. The molecule has 2 heterocycles. The summed E-state index contributed by atoms with van der Waals surface area (Å²) in [7, 11) is -7.79. The zero-order chi connectivity index (χ0) is 33.9. The van der Waals surface area contributed by atoms with E-state index in [4.69, 9.17) is 4.28 Å². The van der Waals surface area contributed by atoms with Crippen molar-refractivity contribution in [3.63, 3.8) is 0 Å². The number of thioether (sulfide) groups is 1. The molecule has 2 aliphatic rings. The van der Waals surface area contributed by atoms with Gasteiger partial charge in [-0.3, -0.25) is 4.55 Å². The summed E-state index contributed by atoms with van der Waals surface area (Å²) in [6.07, 6.45) is 7.69. The number of anilines is 1. The van der Waals surface area contributed by atoms with Crippen LogP contribution in [0.15, 0.2) is 82.2 Å². The molecule has 1 aliphatic heterocycles. The second kappa shape index (κ2) is 14.8. The molecule has 13 heteroatoms. The van der Waals surface area contributed by atoms with Crippen LogP contribution >= 0.6 is 23.1 Å². The van der Waals surface area contributed by atoms with Gasteiger partial charge in [-0.2, -0.15) is 31.2 Å². The van der Waals surface area contributed by atoms with E-state index in [0.717, 1.165) is 61.9 Å². The molecule has 0 atom stereocenters. The number of allylic oxidation sites excluding steroid dienone is 2. The van der Waals surface area contributed by atoms with Crippen LogP contribution in [0.25, 0.3) is 28.1 Å². The molecule has 0 saturated carbocycles. The van der Waals surface area contributed by atoms with Crippen molar-refractivity contribution in [2.24, 2.45) is 0 Å². The number of hydroxylamine groups is 1. The van der Waals surface area contributed by atoms with Crippen molar-refractivity contribution in [2.75, 3.05) is 29.5 Å². The molecule has 0 saturated heterocycles. The number of nitrogens with one attached hydrogen (secondary N) is 1. The Labute approximate surface area is 291 Å². The first-order valence-electron chi connectivity index (χ1n) is 16.2. The number of fused-ring (bicyclic) bond motifs is 6. The lowest BCUT2D eigenvalue weighted by atomic mass is 9.93. The van der Waals surface area contributed by atoms with Gasteiger partial charge >= 0.3 is 0 Å². The lowest BCUT2D eigenvalue weighted by Gasteiger charge is -2.22. The zero-order valence-corrected chi connectivity index (χ0v) is 30.3. The molecule has 1 aromatic heterocycles. The summed E-state index contributed by atoms with van der Waals surface area (Å²) in [5, 5.41) is 4.28. The van der Waals surface area contributed by atoms with Crippen LogP contribution in [0, 0.1) is 0 Å². The Kier molecular flexibility index (Phi) is 10.8. The topological polar surface area (TPSA) is 117 Å². The number of benzene rings is 3. The van der Waals surface area contributed by atoms with E-state index in [1.165, 1.54) is 16.0 Å². The number of rotatable bonds is 14. The summed E-state index contributed by atoms with van der Waals surface area (Å²) in [4.78, 5) is 4.61. The third-order valence-corrected chi connectivity index (χ3v) is 12.7. The predicted molar refractivity (Wildman–Crippen MR) is 195 cm³/mol. The third-order valence-electron chi connectivity index (χ3n) is 8.45. The summed E-state index contributed by atoms with van der Waals surface area (Å²) < 4.78 is 64.7. The molecule has 0 amide bonds. The average Bonchev–Trinajstić information content (AvgIpc) is 3.60. The number of aromatic nitrogens is 1. The molecule has 254 valence electrons. The van der Waals surface area contributed by atoms with Crippen LogP contribution in [-0.4, -0.2) is 46.0 Å². The van der Waals surface area contributed by atoms with Gasteiger partial charge in [0.25, 0.3) is 25.2 Å². The quantitative estimate of drug-likeness (QED) is 0.0828. The summed E-state index contributed by atoms with van der Waals surface area (Å²) in [5.74, 6) is -0.413. The predicted octanol–water partition coefficient (Wildman–Crippen LogP) is 6.74. The zero-order valence-electron chi connectivity index (χ0n) is 27.0. The van der Waals surface area contributed by atoms with Gasteiger partial charge in [0.15, 0.2) is 6.54 Å². The number of hydrogen-bond donors (Lipinski definition) is 2. The van der Waals surface area contributed by atoms with Crippen molar-refractivity contribution >= 4 is 65.9 Å². The van der Waals surface area contributed by atoms with Gasteiger partial charge in [-0.25, -0.2) is 0 Å². The van der Waals surface area contributed by atoms with Crippen LogP contribution in [0.4, 0.5) is 5.69 Å². The van der Waals surface area contributed by atoms with Crippen molar-refractivity contribution in [3.8, 4) is 11.3 Å². The molecule has 0 spiro atoms. The van der Waals surface area contributed by atoms with Gasteiger partial charge in [0.1, 0.15) is 0 Å². The summed E-state index contributed by atoms with van der Waals surface area (Å²) in [6.45, 7) is 5.23. The standard InChI is InChI=1S/C35H39N3O6S4/c1-3-25(23-32-37(19-9-21-47(39,40)41)34-28-13-7-5-11-26(28)15-17-30(34)45-32)24-33-38(20-10-22-48(42,43)44-36-4-2)35-29-14-8-6-12-27(29)16-18-31(35)46-33/h5-8,11-14,16,18,23-24,36H,3-4,9-10,15,17,19-22H2,1-2H3/p+1. The van der Waals surface area contributed by atoms with Gasteiger partial charge in [0.2, 0.25) is 5.69 Å². The van der Waals surface area contributed by atoms with Crippen molar-refractivity contribution in [3.05, 3.63) is 92.8 Å². The fourth-order valence-corrected chi connectivity index (χ4v) is 10.1. The van der Waals surface area contributed by atoms with Crippen LogP contribution in [0.2, 0.25) is 0 Å². The Morgan fingerprint density at radius 2 is 1.79 bits per heavy atom. The Morgan fingerprint density at radius 3 is 2.58 bits per heavy atom. The second-order valence-electron chi connectivity index (χ2n) is 11.8. The molecule has 1 aliphatic carbocycles. The minimum atomic E-state index is -4.08.